The molecular weight excluding hydrogens is 234 g/mol. The second-order valence-electron chi connectivity index (χ2n) is 6.70. The molecule has 0 saturated carbocycles. The summed E-state index contributed by atoms with van der Waals surface area (Å²) in [7, 11) is -2.76. The zero-order chi connectivity index (χ0) is 13.3. The lowest BCUT2D eigenvalue weighted by molar-refractivity contribution is 0.241. The van der Waals surface area contributed by atoms with Gasteiger partial charge in [-0.1, -0.05) is 13.8 Å². The Morgan fingerprint density at radius 1 is 1.29 bits per heavy atom. The first-order valence-corrected chi connectivity index (χ1v) is 8.38. The van der Waals surface area contributed by atoms with Crippen LogP contribution in [-0.4, -0.2) is 32.0 Å². The molecule has 0 aromatic rings. The van der Waals surface area contributed by atoms with Crippen molar-refractivity contribution in [2.24, 2.45) is 17.8 Å². The fraction of sp³-hybridized carbons (Fsp3) is 1.00. The van der Waals surface area contributed by atoms with E-state index in [4.69, 9.17) is 0 Å². The molecule has 1 heterocycles. The van der Waals surface area contributed by atoms with Crippen molar-refractivity contribution in [1.29, 1.82) is 0 Å². The van der Waals surface area contributed by atoms with Crippen molar-refractivity contribution in [3.63, 3.8) is 0 Å². The Bertz CT molecular complexity index is 341. The van der Waals surface area contributed by atoms with Gasteiger partial charge in [0.2, 0.25) is 0 Å². The highest BCUT2D eigenvalue weighted by Gasteiger charge is 2.35. The highest BCUT2D eigenvalue weighted by molar-refractivity contribution is 7.91. The van der Waals surface area contributed by atoms with E-state index in [9.17, 15) is 8.42 Å². The van der Waals surface area contributed by atoms with Crippen molar-refractivity contribution in [3.05, 3.63) is 0 Å². The van der Waals surface area contributed by atoms with E-state index in [-0.39, 0.29) is 5.54 Å². The van der Waals surface area contributed by atoms with E-state index in [0.717, 1.165) is 13.0 Å². The van der Waals surface area contributed by atoms with Crippen LogP contribution in [0.5, 0.6) is 0 Å². The van der Waals surface area contributed by atoms with Crippen LogP contribution < -0.4 is 5.32 Å². The van der Waals surface area contributed by atoms with Crippen molar-refractivity contribution in [3.8, 4) is 0 Å². The molecule has 1 saturated heterocycles. The molecule has 17 heavy (non-hydrogen) atoms. The van der Waals surface area contributed by atoms with Crippen LogP contribution in [0.15, 0.2) is 0 Å². The molecule has 1 rings (SSSR count). The summed E-state index contributed by atoms with van der Waals surface area (Å²) in [5, 5.41) is 3.51. The Hall–Kier alpha value is -0.0900. The van der Waals surface area contributed by atoms with Gasteiger partial charge in [-0.3, -0.25) is 0 Å². The molecule has 2 unspecified atom stereocenters. The molecule has 1 N–H and O–H groups in total. The molecule has 0 amide bonds. The van der Waals surface area contributed by atoms with Crippen molar-refractivity contribution >= 4 is 9.84 Å². The second-order valence-corrected chi connectivity index (χ2v) is 8.93. The van der Waals surface area contributed by atoms with Crippen molar-refractivity contribution < 1.29 is 8.42 Å². The Labute approximate surface area is 106 Å². The maximum absolute atomic E-state index is 11.5. The summed E-state index contributed by atoms with van der Waals surface area (Å²) in [4.78, 5) is 0. The summed E-state index contributed by atoms with van der Waals surface area (Å²) in [6, 6.07) is 0. The quantitative estimate of drug-likeness (QED) is 0.843. The van der Waals surface area contributed by atoms with Gasteiger partial charge in [-0.05, 0) is 51.5 Å². The fourth-order valence-corrected chi connectivity index (χ4v) is 4.43. The number of hydrogen-bond acceptors (Lipinski definition) is 3. The van der Waals surface area contributed by atoms with Gasteiger partial charge in [-0.15, -0.1) is 0 Å². The molecule has 1 fully saturated rings. The number of nitrogens with one attached hydrogen (secondary N) is 1. The van der Waals surface area contributed by atoms with Gasteiger partial charge in [0.1, 0.15) is 0 Å². The molecule has 1 aliphatic heterocycles. The van der Waals surface area contributed by atoms with E-state index < -0.39 is 9.84 Å². The lowest BCUT2D eigenvalue weighted by atomic mass is 9.82. The zero-order valence-electron chi connectivity index (χ0n) is 11.8. The summed E-state index contributed by atoms with van der Waals surface area (Å²) in [6.07, 6.45) is 0.844. The summed E-state index contributed by atoms with van der Waals surface area (Å²) in [5.74, 6) is 2.11. The van der Waals surface area contributed by atoms with E-state index in [1.807, 2.05) is 0 Å². The standard InChI is InChI=1S/C13H27NO2S/c1-10(2)12(8-14-13(3,4)5)11-6-7-17(15,16)9-11/h10-12,14H,6-9H2,1-5H3. The predicted octanol–water partition coefficient (Wildman–Crippen LogP) is 2.08. The third-order valence-corrected chi connectivity index (χ3v) is 5.39. The predicted molar refractivity (Wildman–Crippen MR) is 72.8 cm³/mol. The smallest absolute Gasteiger partial charge is 0.150 e. The van der Waals surface area contributed by atoms with Crippen LogP contribution in [0, 0.1) is 17.8 Å². The Balaban J connectivity index is 2.62. The summed E-state index contributed by atoms with van der Waals surface area (Å²) >= 11 is 0. The van der Waals surface area contributed by atoms with Crippen LogP contribution in [0.1, 0.15) is 41.0 Å². The largest absolute Gasteiger partial charge is 0.312 e. The van der Waals surface area contributed by atoms with Gasteiger partial charge in [0.15, 0.2) is 9.84 Å². The molecule has 3 nitrogen and oxygen atoms in total. The highest BCUT2D eigenvalue weighted by Crippen LogP contribution is 2.30. The first-order valence-electron chi connectivity index (χ1n) is 6.56. The molecule has 102 valence electrons. The molecular formula is C13H27NO2S. The van der Waals surface area contributed by atoms with Gasteiger partial charge in [0.05, 0.1) is 11.5 Å². The summed E-state index contributed by atoms with van der Waals surface area (Å²) in [6.45, 7) is 11.8. The van der Waals surface area contributed by atoms with Crippen molar-refractivity contribution in [2.75, 3.05) is 18.1 Å². The molecule has 0 aromatic heterocycles. The molecule has 0 radical (unpaired) electrons. The number of sulfone groups is 1. The molecule has 4 heteroatoms. The van der Waals surface area contributed by atoms with Gasteiger partial charge >= 0.3 is 0 Å². The third-order valence-electron chi connectivity index (χ3n) is 3.60. The topological polar surface area (TPSA) is 46.2 Å². The SMILES string of the molecule is CC(C)C(CNC(C)(C)C)C1CCS(=O)(=O)C1. The Morgan fingerprint density at radius 3 is 2.24 bits per heavy atom. The van der Waals surface area contributed by atoms with E-state index >= 15 is 0 Å². The van der Waals surface area contributed by atoms with Gasteiger partial charge in [0.25, 0.3) is 0 Å². The van der Waals surface area contributed by atoms with Crippen LogP contribution >= 0.6 is 0 Å². The van der Waals surface area contributed by atoms with Crippen LogP contribution in [-0.2, 0) is 9.84 Å². The average molecular weight is 261 g/mol. The van der Waals surface area contributed by atoms with Gasteiger partial charge < -0.3 is 5.32 Å². The fourth-order valence-electron chi connectivity index (χ4n) is 2.53. The second kappa shape index (κ2) is 5.27. The summed E-state index contributed by atoms with van der Waals surface area (Å²) in [5.41, 5.74) is 0.102. The first kappa shape index (κ1) is 15.0. The van der Waals surface area contributed by atoms with E-state index in [2.05, 4.69) is 39.9 Å². The molecule has 0 spiro atoms. The van der Waals surface area contributed by atoms with Crippen molar-refractivity contribution in [2.45, 2.75) is 46.6 Å². The van der Waals surface area contributed by atoms with Crippen LogP contribution in [0.2, 0.25) is 0 Å². The van der Waals surface area contributed by atoms with E-state index in [0.29, 0.717) is 29.3 Å². The molecule has 2 atom stereocenters. The molecule has 0 aliphatic carbocycles. The summed E-state index contributed by atoms with van der Waals surface area (Å²) < 4.78 is 23.1. The van der Waals surface area contributed by atoms with Crippen LogP contribution in [0.25, 0.3) is 0 Å². The minimum Gasteiger partial charge on any atom is -0.312 e. The maximum Gasteiger partial charge on any atom is 0.150 e. The van der Waals surface area contributed by atoms with Crippen LogP contribution in [0.3, 0.4) is 0 Å². The van der Waals surface area contributed by atoms with Gasteiger partial charge in [-0.2, -0.15) is 0 Å². The third kappa shape index (κ3) is 4.96. The Kier molecular flexibility index (Phi) is 4.64. The van der Waals surface area contributed by atoms with Crippen molar-refractivity contribution in [1.82, 2.24) is 5.32 Å². The van der Waals surface area contributed by atoms with E-state index in [1.165, 1.54) is 0 Å². The van der Waals surface area contributed by atoms with E-state index in [1.54, 1.807) is 0 Å². The van der Waals surface area contributed by atoms with Gasteiger partial charge in [0, 0.05) is 5.54 Å². The minimum atomic E-state index is -2.76. The monoisotopic (exact) mass is 261 g/mol. The first-order chi connectivity index (χ1) is 7.61. The molecule has 0 aromatic carbocycles. The van der Waals surface area contributed by atoms with Gasteiger partial charge in [-0.25, -0.2) is 8.42 Å². The normalized spacial score (nSPS) is 26.4. The number of rotatable bonds is 4. The number of hydrogen-bond donors (Lipinski definition) is 1. The Morgan fingerprint density at radius 2 is 1.88 bits per heavy atom. The van der Waals surface area contributed by atoms with Crippen LogP contribution in [0.4, 0.5) is 0 Å². The lowest BCUT2D eigenvalue weighted by Crippen LogP contribution is -2.42. The molecule has 0 bridgehead atoms. The molecule has 1 aliphatic rings. The highest BCUT2D eigenvalue weighted by atomic mass is 32.2. The maximum atomic E-state index is 11.5. The minimum absolute atomic E-state index is 0.102. The zero-order valence-corrected chi connectivity index (χ0v) is 12.6. The lowest BCUT2D eigenvalue weighted by Gasteiger charge is -2.31. The average Bonchev–Trinajstić information content (AvgIpc) is 2.43.